The second-order valence-electron chi connectivity index (χ2n) is 5.50. The number of fused-ring (bicyclic) bond motifs is 2. The first-order valence-electron chi connectivity index (χ1n) is 7.94. The number of carbonyl (C=O) groups excluding carboxylic acids is 2. The number of unbranched alkanes of at least 4 members (excludes halogenated alkanes) is 1. The van der Waals surface area contributed by atoms with Gasteiger partial charge in [-0.2, -0.15) is 0 Å². The molecule has 3 amide bonds. The van der Waals surface area contributed by atoms with Crippen LogP contribution in [0, 0.1) is 0 Å². The number of amides is 3. The summed E-state index contributed by atoms with van der Waals surface area (Å²) in [7, 11) is 0. The highest BCUT2D eigenvalue weighted by Crippen LogP contribution is 2.39. The second kappa shape index (κ2) is 7.40. The van der Waals surface area contributed by atoms with E-state index >= 15 is 0 Å². The fourth-order valence-electron chi connectivity index (χ4n) is 2.40. The van der Waals surface area contributed by atoms with Crippen molar-refractivity contribution < 1.29 is 9.59 Å². The van der Waals surface area contributed by atoms with E-state index in [0.717, 1.165) is 22.6 Å². The van der Waals surface area contributed by atoms with E-state index in [1.807, 2.05) is 36.4 Å². The zero-order chi connectivity index (χ0) is 16.9. The highest BCUT2D eigenvalue weighted by Gasteiger charge is 2.19. The third-order valence-electron chi connectivity index (χ3n) is 3.65. The molecule has 0 unspecified atom stereocenters. The Labute approximate surface area is 145 Å². The predicted molar refractivity (Wildman–Crippen MR) is 96.9 cm³/mol. The Kier molecular flexibility index (Phi) is 5.05. The standard InChI is InChI=1S/C18H19N3O2S/c1-2-3-10-19-18(23)20-12-8-9-16-14(11-12)21-17(22)13-6-4-5-7-15(13)24-16/h4-9,11H,2-3,10H2,1H3,(H,21,22)(H2,19,20,23). The normalized spacial score (nSPS) is 12.5. The molecule has 0 atom stereocenters. The number of nitrogens with one attached hydrogen (secondary N) is 3. The van der Waals surface area contributed by atoms with Gasteiger partial charge in [0, 0.05) is 22.0 Å². The number of urea groups is 1. The lowest BCUT2D eigenvalue weighted by Crippen LogP contribution is -2.29. The van der Waals surface area contributed by atoms with Gasteiger partial charge in [0.1, 0.15) is 0 Å². The first-order chi connectivity index (χ1) is 11.7. The van der Waals surface area contributed by atoms with Crippen LogP contribution in [0.2, 0.25) is 0 Å². The fraction of sp³-hybridized carbons (Fsp3) is 0.222. The molecule has 1 aliphatic heterocycles. The molecule has 1 heterocycles. The molecule has 2 aromatic carbocycles. The van der Waals surface area contributed by atoms with E-state index in [-0.39, 0.29) is 11.9 Å². The quantitative estimate of drug-likeness (QED) is 0.725. The van der Waals surface area contributed by atoms with Crippen LogP contribution in [0.5, 0.6) is 0 Å². The van der Waals surface area contributed by atoms with Gasteiger partial charge < -0.3 is 16.0 Å². The molecule has 0 fully saturated rings. The number of hydrogen-bond acceptors (Lipinski definition) is 3. The fourth-order valence-corrected chi connectivity index (χ4v) is 3.41. The van der Waals surface area contributed by atoms with Crippen LogP contribution < -0.4 is 16.0 Å². The molecule has 5 nitrogen and oxygen atoms in total. The van der Waals surface area contributed by atoms with Crippen molar-refractivity contribution in [2.45, 2.75) is 29.6 Å². The minimum atomic E-state index is -0.237. The molecule has 6 heteroatoms. The van der Waals surface area contributed by atoms with E-state index < -0.39 is 0 Å². The van der Waals surface area contributed by atoms with E-state index in [0.29, 0.717) is 23.5 Å². The molecule has 3 N–H and O–H groups in total. The molecule has 0 aliphatic carbocycles. The van der Waals surface area contributed by atoms with Crippen LogP contribution in [0.25, 0.3) is 0 Å². The van der Waals surface area contributed by atoms with Gasteiger partial charge in [0.15, 0.2) is 0 Å². The van der Waals surface area contributed by atoms with Gasteiger partial charge >= 0.3 is 6.03 Å². The van der Waals surface area contributed by atoms with Crippen LogP contribution in [-0.2, 0) is 0 Å². The van der Waals surface area contributed by atoms with Crippen molar-refractivity contribution in [3.8, 4) is 0 Å². The van der Waals surface area contributed by atoms with Gasteiger partial charge in [-0.05, 0) is 36.8 Å². The first-order valence-corrected chi connectivity index (χ1v) is 8.76. The Morgan fingerprint density at radius 3 is 2.83 bits per heavy atom. The van der Waals surface area contributed by atoms with E-state index in [1.54, 1.807) is 6.07 Å². The molecule has 0 aromatic heterocycles. The number of carbonyl (C=O) groups is 2. The molecule has 24 heavy (non-hydrogen) atoms. The highest BCUT2D eigenvalue weighted by atomic mass is 32.2. The van der Waals surface area contributed by atoms with Crippen LogP contribution in [-0.4, -0.2) is 18.5 Å². The molecular formula is C18H19N3O2S. The van der Waals surface area contributed by atoms with Gasteiger partial charge in [0.05, 0.1) is 11.3 Å². The Morgan fingerprint density at radius 2 is 2.00 bits per heavy atom. The molecule has 2 aromatic rings. The van der Waals surface area contributed by atoms with Crippen LogP contribution in [0.4, 0.5) is 16.2 Å². The number of benzene rings is 2. The molecular weight excluding hydrogens is 322 g/mol. The molecule has 0 saturated heterocycles. The van der Waals surface area contributed by atoms with Crippen LogP contribution in [0.1, 0.15) is 30.1 Å². The lowest BCUT2D eigenvalue weighted by Gasteiger charge is -2.11. The van der Waals surface area contributed by atoms with Crippen molar-refractivity contribution >= 4 is 35.1 Å². The minimum Gasteiger partial charge on any atom is -0.338 e. The number of rotatable bonds is 4. The average molecular weight is 341 g/mol. The molecule has 124 valence electrons. The maximum Gasteiger partial charge on any atom is 0.319 e. The van der Waals surface area contributed by atoms with Crippen LogP contribution in [0.3, 0.4) is 0 Å². The summed E-state index contributed by atoms with van der Waals surface area (Å²) in [4.78, 5) is 26.1. The van der Waals surface area contributed by atoms with E-state index in [1.165, 1.54) is 11.8 Å². The summed E-state index contributed by atoms with van der Waals surface area (Å²) < 4.78 is 0. The van der Waals surface area contributed by atoms with Gasteiger partial charge in [0.25, 0.3) is 5.91 Å². The van der Waals surface area contributed by atoms with Crippen molar-refractivity contribution in [1.82, 2.24) is 5.32 Å². The van der Waals surface area contributed by atoms with Gasteiger partial charge in [-0.1, -0.05) is 37.2 Å². The summed E-state index contributed by atoms with van der Waals surface area (Å²) in [6, 6.07) is 12.8. The van der Waals surface area contributed by atoms with E-state index in [4.69, 9.17) is 0 Å². The Bertz CT molecular complexity index is 777. The van der Waals surface area contributed by atoms with Crippen molar-refractivity contribution in [2.24, 2.45) is 0 Å². The number of hydrogen-bond donors (Lipinski definition) is 3. The van der Waals surface area contributed by atoms with E-state index in [2.05, 4.69) is 22.9 Å². The lowest BCUT2D eigenvalue weighted by molar-refractivity contribution is 0.102. The summed E-state index contributed by atoms with van der Waals surface area (Å²) >= 11 is 1.54. The maximum absolute atomic E-state index is 12.4. The predicted octanol–water partition coefficient (Wildman–Crippen LogP) is 4.33. The monoisotopic (exact) mass is 341 g/mol. The zero-order valence-corrected chi connectivity index (χ0v) is 14.2. The van der Waals surface area contributed by atoms with E-state index in [9.17, 15) is 9.59 Å². The van der Waals surface area contributed by atoms with Crippen molar-refractivity contribution in [3.05, 3.63) is 48.0 Å². The summed E-state index contributed by atoms with van der Waals surface area (Å²) in [5, 5.41) is 8.51. The summed E-state index contributed by atoms with van der Waals surface area (Å²) in [5.41, 5.74) is 2.01. The highest BCUT2D eigenvalue weighted by molar-refractivity contribution is 7.99. The van der Waals surface area contributed by atoms with Crippen molar-refractivity contribution in [3.63, 3.8) is 0 Å². The minimum absolute atomic E-state index is 0.138. The summed E-state index contributed by atoms with van der Waals surface area (Å²) in [5.74, 6) is -0.138. The second-order valence-corrected chi connectivity index (χ2v) is 6.58. The smallest absolute Gasteiger partial charge is 0.319 e. The maximum atomic E-state index is 12.4. The first kappa shape index (κ1) is 16.4. The Balaban J connectivity index is 1.76. The summed E-state index contributed by atoms with van der Waals surface area (Å²) in [6.07, 6.45) is 1.98. The molecule has 0 bridgehead atoms. The van der Waals surface area contributed by atoms with Gasteiger partial charge in [-0.3, -0.25) is 4.79 Å². The molecule has 1 aliphatic rings. The molecule has 3 rings (SSSR count). The SMILES string of the molecule is CCCCNC(=O)Nc1ccc2c(c1)NC(=O)c1ccccc1S2. The Hall–Kier alpha value is -2.47. The van der Waals surface area contributed by atoms with Crippen molar-refractivity contribution in [2.75, 3.05) is 17.2 Å². The van der Waals surface area contributed by atoms with Crippen LogP contribution in [0.15, 0.2) is 52.3 Å². The average Bonchev–Trinajstić information content (AvgIpc) is 2.71. The third-order valence-corrected chi connectivity index (χ3v) is 4.80. The van der Waals surface area contributed by atoms with Crippen molar-refractivity contribution in [1.29, 1.82) is 0 Å². The summed E-state index contributed by atoms with van der Waals surface area (Å²) in [6.45, 7) is 2.72. The Morgan fingerprint density at radius 1 is 1.17 bits per heavy atom. The lowest BCUT2D eigenvalue weighted by atomic mass is 10.2. The molecule has 0 radical (unpaired) electrons. The molecule has 0 saturated carbocycles. The number of anilines is 2. The van der Waals surface area contributed by atoms with Gasteiger partial charge in [-0.25, -0.2) is 4.79 Å². The zero-order valence-electron chi connectivity index (χ0n) is 13.4. The molecule has 0 spiro atoms. The van der Waals surface area contributed by atoms with Gasteiger partial charge in [0.2, 0.25) is 0 Å². The largest absolute Gasteiger partial charge is 0.338 e. The topological polar surface area (TPSA) is 70.2 Å². The third kappa shape index (κ3) is 3.71. The van der Waals surface area contributed by atoms with Gasteiger partial charge in [-0.15, -0.1) is 0 Å². The van der Waals surface area contributed by atoms with Crippen LogP contribution >= 0.6 is 11.8 Å².